The normalized spacial score (nSPS) is 11.2. The van der Waals surface area contributed by atoms with Gasteiger partial charge in [0.25, 0.3) is 0 Å². The number of hydrogen-bond acceptors (Lipinski definition) is 1. The Balaban J connectivity index is 2.60. The number of nitriles is 1. The highest BCUT2D eigenvalue weighted by atomic mass is 14.2. The molecule has 0 radical (unpaired) electrons. The molecule has 1 rings (SSSR count). The van der Waals surface area contributed by atoms with Crippen LogP contribution in [0.15, 0.2) is 24.3 Å². The summed E-state index contributed by atoms with van der Waals surface area (Å²) in [5.74, 6) is 7.18. The summed E-state index contributed by atoms with van der Waals surface area (Å²) in [4.78, 5) is 0. The third kappa shape index (κ3) is 6.12. The van der Waals surface area contributed by atoms with Crippen molar-refractivity contribution in [1.29, 1.82) is 5.26 Å². The van der Waals surface area contributed by atoms with E-state index >= 15 is 0 Å². The maximum atomic E-state index is 8.79. The van der Waals surface area contributed by atoms with Gasteiger partial charge in [0.1, 0.15) is 0 Å². The second-order valence-electron chi connectivity index (χ2n) is 4.92. The summed E-state index contributed by atoms with van der Waals surface area (Å²) in [6.07, 6.45) is 6.75. The Hall–Kier alpha value is -1.73. The summed E-state index contributed by atoms with van der Waals surface area (Å²) in [5.41, 5.74) is 2.01. The molecule has 1 aromatic rings. The van der Waals surface area contributed by atoms with Crippen LogP contribution in [0.5, 0.6) is 0 Å². The predicted octanol–water partition coefficient (Wildman–Crippen LogP) is 4.71. The maximum absolute atomic E-state index is 8.79. The van der Waals surface area contributed by atoms with Crippen LogP contribution < -0.4 is 0 Å². The van der Waals surface area contributed by atoms with Gasteiger partial charge in [-0.05, 0) is 37.0 Å². The van der Waals surface area contributed by atoms with Gasteiger partial charge in [0.2, 0.25) is 0 Å². The van der Waals surface area contributed by atoms with E-state index in [9.17, 15) is 0 Å². The van der Waals surface area contributed by atoms with Crippen molar-refractivity contribution in [2.75, 3.05) is 0 Å². The van der Waals surface area contributed by atoms with Crippen molar-refractivity contribution in [2.24, 2.45) is 5.92 Å². The van der Waals surface area contributed by atoms with Crippen LogP contribution in [-0.2, 0) is 6.42 Å². The standard InChI is InChI=1S/C18H23N/c1-3-5-6-7-9-16(8-4-2)14-17-10-12-18(15-19)13-11-17/h10-13,16H,3-6,8,14H2,1-2H3. The first kappa shape index (κ1) is 15.3. The van der Waals surface area contributed by atoms with Gasteiger partial charge < -0.3 is 0 Å². The van der Waals surface area contributed by atoms with Crippen LogP contribution in [0, 0.1) is 29.1 Å². The lowest BCUT2D eigenvalue weighted by Crippen LogP contribution is -2.01. The van der Waals surface area contributed by atoms with E-state index < -0.39 is 0 Å². The third-order valence-corrected chi connectivity index (χ3v) is 3.16. The van der Waals surface area contributed by atoms with E-state index in [-0.39, 0.29) is 0 Å². The smallest absolute Gasteiger partial charge is 0.0991 e. The molecule has 0 saturated heterocycles. The van der Waals surface area contributed by atoms with Gasteiger partial charge in [-0.2, -0.15) is 5.26 Å². The highest BCUT2D eigenvalue weighted by molar-refractivity contribution is 5.32. The van der Waals surface area contributed by atoms with Gasteiger partial charge in [-0.3, -0.25) is 0 Å². The van der Waals surface area contributed by atoms with Crippen molar-refractivity contribution in [1.82, 2.24) is 0 Å². The van der Waals surface area contributed by atoms with E-state index in [1.165, 1.54) is 24.8 Å². The molecule has 0 aliphatic rings. The largest absolute Gasteiger partial charge is 0.192 e. The molecule has 100 valence electrons. The van der Waals surface area contributed by atoms with Gasteiger partial charge in [0.05, 0.1) is 11.6 Å². The Kier molecular flexibility index (Phi) is 7.45. The van der Waals surface area contributed by atoms with Crippen molar-refractivity contribution in [3.8, 4) is 17.9 Å². The molecule has 0 aromatic heterocycles. The molecule has 1 aromatic carbocycles. The highest BCUT2D eigenvalue weighted by Crippen LogP contribution is 2.14. The van der Waals surface area contributed by atoms with E-state index in [4.69, 9.17) is 5.26 Å². The lowest BCUT2D eigenvalue weighted by Gasteiger charge is -2.09. The maximum Gasteiger partial charge on any atom is 0.0991 e. The third-order valence-electron chi connectivity index (χ3n) is 3.16. The van der Waals surface area contributed by atoms with E-state index in [0.717, 1.165) is 24.8 Å². The van der Waals surface area contributed by atoms with Crippen LogP contribution in [0.2, 0.25) is 0 Å². The minimum atomic E-state index is 0.454. The molecule has 0 bridgehead atoms. The highest BCUT2D eigenvalue weighted by Gasteiger charge is 2.05. The molecule has 0 amide bonds. The summed E-state index contributed by atoms with van der Waals surface area (Å²) in [5, 5.41) is 8.79. The zero-order valence-electron chi connectivity index (χ0n) is 12.1. The molecule has 0 aliphatic heterocycles. The molecule has 1 unspecified atom stereocenters. The first-order chi connectivity index (χ1) is 9.30. The summed E-state index contributed by atoms with van der Waals surface area (Å²) in [6.45, 7) is 4.40. The second kappa shape index (κ2) is 9.23. The molecule has 19 heavy (non-hydrogen) atoms. The van der Waals surface area contributed by atoms with Crippen LogP contribution in [0.4, 0.5) is 0 Å². The fraction of sp³-hybridized carbons (Fsp3) is 0.500. The lowest BCUT2D eigenvalue weighted by molar-refractivity contribution is 0.595. The quantitative estimate of drug-likeness (QED) is 0.532. The molecular weight excluding hydrogens is 230 g/mol. The van der Waals surface area contributed by atoms with E-state index in [1.807, 2.05) is 12.1 Å². The van der Waals surface area contributed by atoms with Crippen LogP contribution in [0.1, 0.15) is 57.1 Å². The monoisotopic (exact) mass is 253 g/mol. The predicted molar refractivity (Wildman–Crippen MR) is 80.6 cm³/mol. The zero-order valence-corrected chi connectivity index (χ0v) is 12.1. The second-order valence-corrected chi connectivity index (χ2v) is 4.92. The minimum absolute atomic E-state index is 0.454. The van der Waals surface area contributed by atoms with Crippen molar-refractivity contribution in [3.63, 3.8) is 0 Å². The summed E-state index contributed by atoms with van der Waals surface area (Å²) in [6, 6.07) is 10.0. The number of rotatable bonds is 6. The van der Waals surface area contributed by atoms with Crippen LogP contribution >= 0.6 is 0 Å². The van der Waals surface area contributed by atoms with Crippen LogP contribution in [0.3, 0.4) is 0 Å². The molecule has 0 fully saturated rings. The topological polar surface area (TPSA) is 23.8 Å². The van der Waals surface area contributed by atoms with Gasteiger partial charge in [-0.15, -0.1) is 5.92 Å². The van der Waals surface area contributed by atoms with E-state index in [1.54, 1.807) is 0 Å². The molecule has 0 aliphatic carbocycles. The summed E-state index contributed by atoms with van der Waals surface area (Å²) in [7, 11) is 0. The zero-order chi connectivity index (χ0) is 13.9. The van der Waals surface area contributed by atoms with Crippen molar-refractivity contribution < 1.29 is 0 Å². The molecule has 0 saturated carbocycles. The van der Waals surface area contributed by atoms with E-state index in [2.05, 4.69) is 43.9 Å². The molecule has 1 atom stereocenters. The molecule has 0 heterocycles. The lowest BCUT2D eigenvalue weighted by atomic mass is 9.95. The number of benzene rings is 1. The Morgan fingerprint density at radius 1 is 1.11 bits per heavy atom. The molecule has 1 heteroatoms. The van der Waals surface area contributed by atoms with Crippen molar-refractivity contribution >= 4 is 0 Å². The number of unbranched alkanes of at least 4 members (excludes halogenated alkanes) is 2. The van der Waals surface area contributed by atoms with Gasteiger partial charge in [0.15, 0.2) is 0 Å². The Bertz CT molecular complexity index is 453. The van der Waals surface area contributed by atoms with Gasteiger partial charge in [0, 0.05) is 12.3 Å². The number of hydrogen-bond donors (Lipinski definition) is 0. The van der Waals surface area contributed by atoms with Gasteiger partial charge in [-0.1, -0.05) is 44.7 Å². The fourth-order valence-corrected chi connectivity index (χ4v) is 2.06. The Labute approximate surface area is 117 Å². The average molecular weight is 253 g/mol. The Morgan fingerprint density at radius 2 is 1.84 bits per heavy atom. The van der Waals surface area contributed by atoms with E-state index in [0.29, 0.717) is 5.92 Å². The molecular formula is C18H23N. The van der Waals surface area contributed by atoms with Crippen LogP contribution in [0.25, 0.3) is 0 Å². The fourth-order valence-electron chi connectivity index (χ4n) is 2.06. The number of nitrogens with zero attached hydrogens (tertiary/aromatic N) is 1. The first-order valence-corrected chi connectivity index (χ1v) is 7.27. The van der Waals surface area contributed by atoms with Crippen molar-refractivity contribution in [2.45, 2.75) is 52.4 Å². The summed E-state index contributed by atoms with van der Waals surface area (Å²) >= 11 is 0. The Morgan fingerprint density at radius 3 is 2.42 bits per heavy atom. The SMILES string of the molecule is CCCCC#CC(CCC)Cc1ccc(C#N)cc1. The molecule has 0 spiro atoms. The molecule has 1 nitrogen and oxygen atoms in total. The van der Waals surface area contributed by atoms with Gasteiger partial charge in [-0.25, -0.2) is 0 Å². The summed E-state index contributed by atoms with van der Waals surface area (Å²) < 4.78 is 0. The minimum Gasteiger partial charge on any atom is -0.192 e. The first-order valence-electron chi connectivity index (χ1n) is 7.27. The van der Waals surface area contributed by atoms with Crippen LogP contribution in [-0.4, -0.2) is 0 Å². The van der Waals surface area contributed by atoms with Gasteiger partial charge >= 0.3 is 0 Å². The molecule has 0 N–H and O–H groups in total. The van der Waals surface area contributed by atoms with Crippen molar-refractivity contribution in [3.05, 3.63) is 35.4 Å². The average Bonchev–Trinajstić information content (AvgIpc) is 2.44.